The highest BCUT2D eigenvalue weighted by Gasteiger charge is 2.22. The van der Waals surface area contributed by atoms with Gasteiger partial charge in [0.1, 0.15) is 18.3 Å². The number of aryl methyl sites for hydroxylation is 2. The first kappa shape index (κ1) is 17.6. The predicted molar refractivity (Wildman–Crippen MR) is 105 cm³/mol. The van der Waals surface area contributed by atoms with E-state index < -0.39 is 0 Å². The zero-order chi connectivity index (χ0) is 19.0. The number of fused-ring (bicyclic) bond motifs is 2. The van der Waals surface area contributed by atoms with Crippen LogP contribution in [0.25, 0.3) is 11.0 Å². The van der Waals surface area contributed by atoms with Crippen molar-refractivity contribution in [2.24, 2.45) is 0 Å². The van der Waals surface area contributed by atoms with E-state index in [-0.39, 0.29) is 11.7 Å². The minimum atomic E-state index is -0.314. The molecular formula is C22H23NO4. The molecule has 0 saturated heterocycles. The van der Waals surface area contributed by atoms with E-state index in [0.717, 1.165) is 33.6 Å². The molecule has 0 spiro atoms. The molecular weight excluding hydrogens is 342 g/mol. The van der Waals surface area contributed by atoms with Crippen LogP contribution in [0.15, 0.2) is 51.7 Å². The molecule has 0 unspecified atom stereocenters. The summed E-state index contributed by atoms with van der Waals surface area (Å²) in [5.41, 5.74) is 3.45. The van der Waals surface area contributed by atoms with Crippen molar-refractivity contribution in [1.29, 1.82) is 0 Å². The number of benzene rings is 2. The quantitative estimate of drug-likeness (QED) is 0.660. The number of ether oxygens (including phenoxy) is 2. The van der Waals surface area contributed by atoms with Crippen LogP contribution < -0.4 is 15.1 Å². The Kier molecular flexibility index (Phi) is 4.62. The number of rotatable bonds is 4. The Labute approximate surface area is 158 Å². The Balaban J connectivity index is 1.53. The molecule has 0 bridgehead atoms. The van der Waals surface area contributed by atoms with Gasteiger partial charge in [0.2, 0.25) is 0 Å². The summed E-state index contributed by atoms with van der Waals surface area (Å²) in [4.78, 5) is 14.2. The summed E-state index contributed by atoms with van der Waals surface area (Å²) in [5, 5.41) is 0.982. The second-order valence-electron chi connectivity index (χ2n) is 7.17. The van der Waals surface area contributed by atoms with Gasteiger partial charge in [-0.05, 0) is 49.7 Å². The first-order valence-corrected chi connectivity index (χ1v) is 9.11. The highest BCUT2D eigenvalue weighted by Crippen LogP contribution is 2.31. The SMILES string of the molecule is Cc1ccc2c(CN(C)C[C@@H]3COc4ccccc4O3)cc(=O)oc2c1C. The smallest absolute Gasteiger partial charge is 0.336 e. The Hall–Kier alpha value is -2.79. The van der Waals surface area contributed by atoms with Crippen LogP contribution in [-0.2, 0) is 6.54 Å². The van der Waals surface area contributed by atoms with E-state index >= 15 is 0 Å². The lowest BCUT2D eigenvalue weighted by atomic mass is 10.0. The molecule has 0 amide bonds. The summed E-state index contributed by atoms with van der Waals surface area (Å²) in [7, 11) is 2.02. The second kappa shape index (κ2) is 7.08. The van der Waals surface area contributed by atoms with E-state index in [0.29, 0.717) is 25.3 Å². The molecule has 1 atom stereocenters. The third-order valence-electron chi connectivity index (χ3n) is 5.04. The van der Waals surface area contributed by atoms with Crippen molar-refractivity contribution in [1.82, 2.24) is 4.90 Å². The van der Waals surface area contributed by atoms with E-state index in [1.165, 1.54) is 0 Å². The minimum absolute atomic E-state index is 0.0553. The van der Waals surface area contributed by atoms with Gasteiger partial charge in [0, 0.05) is 24.5 Å². The first-order valence-electron chi connectivity index (χ1n) is 9.11. The minimum Gasteiger partial charge on any atom is -0.486 e. The maximum atomic E-state index is 12.0. The van der Waals surface area contributed by atoms with Gasteiger partial charge >= 0.3 is 5.63 Å². The van der Waals surface area contributed by atoms with Gasteiger partial charge in [-0.15, -0.1) is 0 Å². The Morgan fingerprint density at radius 2 is 1.89 bits per heavy atom. The number of nitrogens with zero attached hydrogens (tertiary/aromatic N) is 1. The summed E-state index contributed by atoms with van der Waals surface area (Å²) >= 11 is 0. The Morgan fingerprint density at radius 1 is 1.11 bits per heavy atom. The molecule has 1 aromatic heterocycles. The van der Waals surface area contributed by atoms with E-state index in [1.54, 1.807) is 6.07 Å². The van der Waals surface area contributed by atoms with Gasteiger partial charge in [0.15, 0.2) is 11.5 Å². The summed E-state index contributed by atoms with van der Waals surface area (Å²) < 4.78 is 17.3. The third-order valence-corrected chi connectivity index (χ3v) is 5.04. The van der Waals surface area contributed by atoms with Gasteiger partial charge in [-0.3, -0.25) is 4.90 Å². The number of hydrogen-bond donors (Lipinski definition) is 0. The molecule has 3 aromatic rings. The van der Waals surface area contributed by atoms with Crippen LogP contribution in [-0.4, -0.2) is 31.2 Å². The average Bonchev–Trinajstić information content (AvgIpc) is 2.65. The van der Waals surface area contributed by atoms with Crippen molar-refractivity contribution >= 4 is 11.0 Å². The van der Waals surface area contributed by atoms with Gasteiger partial charge < -0.3 is 13.9 Å². The lowest BCUT2D eigenvalue weighted by molar-refractivity contribution is 0.0639. The standard InChI is InChI=1S/C22H23NO4/c1-14-8-9-18-16(10-21(24)27-22(18)15(14)2)11-23(3)12-17-13-25-19-6-4-5-7-20(19)26-17/h4-10,17H,11-13H2,1-3H3/t17-/m1/s1. The Morgan fingerprint density at radius 3 is 2.70 bits per heavy atom. The van der Waals surface area contributed by atoms with E-state index in [4.69, 9.17) is 13.9 Å². The average molecular weight is 365 g/mol. The van der Waals surface area contributed by atoms with Crippen LogP contribution in [0.5, 0.6) is 11.5 Å². The molecule has 0 saturated carbocycles. The fraction of sp³-hybridized carbons (Fsp3) is 0.318. The van der Waals surface area contributed by atoms with Crippen LogP contribution in [0.1, 0.15) is 16.7 Å². The molecule has 2 aromatic carbocycles. The molecule has 4 rings (SSSR count). The highest BCUT2D eigenvalue weighted by molar-refractivity contribution is 5.83. The van der Waals surface area contributed by atoms with Crippen molar-refractivity contribution in [2.75, 3.05) is 20.2 Å². The predicted octanol–water partition coefficient (Wildman–Crippen LogP) is 3.68. The normalized spacial score (nSPS) is 16.1. The molecule has 27 heavy (non-hydrogen) atoms. The molecule has 5 nitrogen and oxygen atoms in total. The summed E-state index contributed by atoms with van der Waals surface area (Å²) in [6, 6.07) is 13.4. The summed E-state index contributed by atoms with van der Waals surface area (Å²) in [6.07, 6.45) is -0.0553. The van der Waals surface area contributed by atoms with Crippen LogP contribution in [0.3, 0.4) is 0 Å². The van der Waals surface area contributed by atoms with E-state index in [9.17, 15) is 4.79 Å². The van der Waals surface area contributed by atoms with Crippen molar-refractivity contribution in [3.05, 3.63) is 69.6 Å². The second-order valence-corrected chi connectivity index (χ2v) is 7.17. The van der Waals surface area contributed by atoms with E-state index in [2.05, 4.69) is 11.0 Å². The molecule has 5 heteroatoms. The lowest BCUT2D eigenvalue weighted by Gasteiger charge is -2.29. The number of hydrogen-bond acceptors (Lipinski definition) is 5. The largest absolute Gasteiger partial charge is 0.486 e. The van der Waals surface area contributed by atoms with Crippen molar-refractivity contribution in [3.63, 3.8) is 0 Å². The van der Waals surface area contributed by atoms with Crippen LogP contribution >= 0.6 is 0 Å². The Bertz CT molecular complexity index is 1040. The molecule has 2 heterocycles. The third kappa shape index (κ3) is 3.55. The molecule has 140 valence electrons. The van der Waals surface area contributed by atoms with Gasteiger partial charge in [-0.2, -0.15) is 0 Å². The van der Waals surface area contributed by atoms with Crippen molar-refractivity contribution in [2.45, 2.75) is 26.5 Å². The van der Waals surface area contributed by atoms with Gasteiger partial charge in [0.25, 0.3) is 0 Å². The molecule has 0 fully saturated rings. The topological polar surface area (TPSA) is 51.9 Å². The molecule has 0 aliphatic carbocycles. The summed E-state index contributed by atoms with van der Waals surface area (Å²) in [5.74, 6) is 1.56. The maximum Gasteiger partial charge on any atom is 0.336 e. The monoisotopic (exact) mass is 365 g/mol. The molecule has 1 aliphatic rings. The molecule has 1 aliphatic heterocycles. The fourth-order valence-electron chi connectivity index (χ4n) is 3.51. The van der Waals surface area contributed by atoms with Gasteiger partial charge in [-0.1, -0.05) is 24.3 Å². The van der Waals surface area contributed by atoms with E-state index in [1.807, 2.05) is 51.2 Å². The van der Waals surface area contributed by atoms with Gasteiger partial charge in [0.05, 0.1) is 0 Å². The highest BCUT2D eigenvalue weighted by atomic mass is 16.6. The molecule has 0 N–H and O–H groups in total. The van der Waals surface area contributed by atoms with Gasteiger partial charge in [-0.25, -0.2) is 4.79 Å². The number of para-hydroxylation sites is 2. The fourth-order valence-corrected chi connectivity index (χ4v) is 3.51. The van der Waals surface area contributed by atoms with Crippen molar-refractivity contribution < 1.29 is 13.9 Å². The summed E-state index contributed by atoms with van der Waals surface area (Å²) in [6.45, 7) is 5.84. The zero-order valence-corrected chi connectivity index (χ0v) is 15.8. The van der Waals surface area contributed by atoms with Crippen LogP contribution in [0.2, 0.25) is 0 Å². The zero-order valence-electron chi connectivity index (χ0n) is 15.8. The van der Waals surface area contributed by atoms with Crippen LogP contribution in [0, 0.1) is 13.8 Å². The molecule has 0 radical (unpaired) electrons. The van der Waals surface area contributed by atoms with Crippen molar-refractivity contribution in [3.8, 4) is 11.5 Å². The first-order chi connectivity index (χ1) is 13.0. The number of likely N-dealkylation sites (N-methyl/N-ethyl adjacent to an activating group) is 1. The van der Waals surface area contributed by atoms with Crippen LogP contribution in [0.4, 0.5) is 0 Å². The lowest BCUT2D eigenvalue weighted by Crippen LogP contribution is -2.39. The maximum absolute atomic E-state index is 12.0.